The summed E-state index contributed by atoms with van der Waals surface area (Å²) in [6, 6.07) is 4.71. The van der Waals surface area contributed by atoms with Crippen LogP contribution in [0.25, 0.3) is 11.4 Å². The molecule has 0 aliphatic heterocycles. The lowest BCUT2D eigenvalue weighted by molar-refractivity contribution is 0.594. The van der Waals surface area contributed by atoms with Crippen molar-refractivity contribution in [2.45, 2.75) is 6.54 Å². The second-order valence-electron chi connectivity index (χ2n) is 3.11. The van der Waals surface area contributed by atoms with Gasteiger partial charge in [0.2, 0.25) is 0 Å². The monoisotopic (exact) mass is 285 g/mol. The van der Waals surface area contributed by atoms with Crippen molar-refractivity contribution in [2.24, 2.45) is 5.73 Å². The molecule has 0 atom stereocenters. The fraction of sp³-hybridized carbons (Fsp3) is 0.222. The number of nitrogens with zero attached hydrogens (tertiary/aromatic N) is 4. The highest BCUT2D eigenvalue weighted by molar-refractivity contribution is 9.10. The minimum Gasteiger partial charge on any atom is -0.329 e. The van der Waals surface area contributed by atoms with Gasteiger partial charge in [0, 0.05) is 11.0 Å². The van der Waals surface area contributed by atoms with E-state index in [2.05, 4.69) is 31.5 Å². The predicted molar refractivity (Wildman–Crippen MR) is 60.0 cm³/mol. The Hall–Kier alpha value is -1.34. The summed E-state index contributed by atoms with van der Waals surface area (Å²) in [5.74, 6) is -0.00197. The van der Waals surface area contributed by atoms with Gasteiger partial charge in [-0.2, -0.15) is 0 Å². The van der Waals surface area contributed by atoms with Gasteiger partial charge in [0.05, 0.1) is 12.1 Å². The lowest BCUT2D eigenvalue weighted by Crippen LogP contribution is -2.12. The van der Waals surface area contributed by atoms with E-state index in [1.54, 1.807) is 12.1 Å². The van der Waals surface area contributed by atoms with Crippen LogP contribution in [0.4, 0.5) is 4.39 Å². The van der Waals surface area contributed by atoms with Gasteiger partial charge in [0.1, 0.15) is 5.82 Å². The van der Waals surface area contributed by atoms with Crippen LogP contribution in [0.15, 0.2) is 22.7 Å². The number of aromatic nitrogens is 4. The average Bonchev–Trinajstić information content (AvgIpc) is 2.67. The third kappa shape index (κ3) is 1.96. The molecule has 2 aromatic rings. The Labute approximate surface area is 99.6 Å². The zero-order valence-electron chi connectivity index (χ0n) is 8.27. The van der Waals surface area contributed by atoms with E-state index in [0.717, 1.165) is 0 Å². The van der Waals surface area contributed by atoms with Gasteiger partial charge in [-0.3, -0.25) is 0 Å². The highest BCUT2D eigenvalue weighted by atomic mass is 79.9. The van der Waals surface area contributed by atoms with Gasteiger partial charge in [-0.25, -0.2) is 9.07 Å². The Balaban J connectivity index is 2.54. The zero-order chi connectivity index (χ0) is 11.5. The second kappa shape index (κ2) is 4.67. The summed E-state index contributed by atoms with van der Waals surface area (Å²) in [7, 11) is 0. The van der Waals surface area contributed by atoms with Crippen molar-refractivity contribution in [3.05, 3.63) is 28.5 Å². The number of halogens is 2. The van der Waals surface area contributed by atoms with E-state index in [4.69, 9.17) is 5.73 Å². The number of rotatable bonds is 3. The Morgan fingerprint density at radius 1 is 1.44 bits per heavy atom. The largest absolute Gasteiger partial charge is 0.329 e. The molecule has 5 nitrogen and oxygen atoms in total. The van der Waals surface area contributed by atoms with Gasteiger partial charge < -0.3 is 5.73 Å². The molecular formula is C9H9BrFN5. The molecule has 0 aliphatic carbocycles. The summed E-state index contributed by atoms with van der Waals surface area (Å²) in [6.45, 7) is 0.840. The first-order chi connectivity index (χ1) is 7.74. The van der Waals surface area contributed by atoms with Gasteiger partial charge in [-0.15, -0.1) is 5.10 Å². The minimum absolute atomic E-state index is 0.348. The summed E-state index contributed by atoms with van der Waals surface area (Å²) in [6.07, 6.45) is 0. The van der Waals surface area contributed by atoms with Gasteiger partial charge >= 0.3 is 0 Å². The molecule has 0 aliphatic rings. The average molecular weight is 286 g/mol. The third-order valence-corrected chi connectivity index (χ3v) is 2.72. The van der Waals surface area contributed by atoms with E-state index in [1.165, 1.54) is 10.7 Å². The normalized spacial score (nSPS) is 10.7. The van der Waals surface area contributed by atoms with Crippen molar-refractivity contribution in [2.75, 3.05) is 6.54 Å². The molecule has 0 bridgehead atoms. The molecule has 2 N–H and O–H groups in total. The van der Waals surface area contributed by atoms with E-state index >= 15 is 0 Å². The van der Waals surface area contributed by atoms with Gasteiger partial charge in [-0.1, -0.05) is 6.07 Å². The first-order valence-corrected chi connectivity index (χ1v) is 5.44. The predicted octanol–water partition coefficient (Wildman–Crippen LogP) is 1.20. The van der Waals surface area contributed by atoms with Gasteiger partial charge in [0.25, 0.3) is 0 Å². The SMILES string of the molecule is NCCn1nnnc1-c1c(F)cccc1Br. The molecule has 0 saturated carbocycles. The van der Waals surface area contributed by atoms with Crippen molar-refractivity contribution >= 4 is 15.9 Å². The Bertz CT molecular complexity index is 478. The highest BCUT2D eigenvalue weighted by Crippen LogP contribution is 2.28. The molecule has 7 heteroatoms. The van der Waals surface area contributed by atoms with Crippen molar-refractivity contribution in [1.82, 2.24) is 20.2 Å². The van der Waals surface area contributed by atoms with Crippen molar-refractivity contribution in [3.63, 3.8) is 0 Å². The van der Waals surface area contributed by atoms with Gasteiger partial charge in [0.15, 0.2) is 5.82 Å². The number of benzene rings is 1. The third-order valence-electron chi connectivity index (χ3n) is 2.06. The maximum Gasteiger partial charge on any atom is 0.186 e. The minimum atomic E-state index is -0.373. The zero-order valence-corrected chi connectivity index (χ0v) is 9.85. The van der Waals surface area contributed by atoms with Crippen LogP contribution in [-0.2, 0) is 6.54 Å². The van der Waals surface area contributed by atoms with E-state index in [0.29, 0.717) is 29.0 Å². The molecule has 2 rings (SSSR count). The standard InChI is InChI=1S/C9H9BrFN5/c10-6-2-1-3-7(11)8(6)9-13-14-15-16(9)5-4-12/h1-3H,4-5,12H2. The van der Waals surface area contributed by atoms with Crippen molar-refractivity contribution in [1.29, 1.82) is 0 Å². The molecule has 1 heterocycles. The topological polar surface area (TPSA) is 69.6 Å². The van der Waals surface area contributed by atoms with Crippen LogP contribution >= 0.6 is 15.9 Å². The van der Waals surface area contributed by atoms with Crippen LogP contribution in [0, 0.1) is 5.82 Å². The van der Waals surface area contributed by atoms with Crippen LogP contribution in [0.3, 0.4) is 0 Å². The van der Waals surface area contributed by atoms with Crippen LogP contribution in [0.1, 0.15) is 0 Å². The molecule has 1 aromatic heterocycles. The van der Waals surface area contributed by atoms with E-state index in [9.17, 15) is 4.39 Å². The summed E-state index contributed by atoms with van der Waals surface area (Å²) in [5.41, 5.74) is 5.77. The molecule has 0 fully saturated rings. The summed E-state index contributed by atoms with van der Waals surface area (Å²) in [5, 5.41) is 11.1. The molecule has 0 unspecified atom stereocenters. The quantitative estimate of drug-likeness (QED) is 0.920. The number of tetrazole rings is 1. The van der Waals surface area contributed by atoms with Crippen LogP contribution < -0.4 is 5.73 Å². The van der Waals surface area contributed by atoms with Crippen LogP contribution in [-0.4, -0.2) is 26.8 Å². The fourth-order valence-corrected chi connectivity index (χ4v) is 1.89. The molecule has 0 radical (unpaired) electrons. The molecule has 0 spiro atoms. The maximum absolute atomic E-state index is 13.7. The van der Waals surface area contributed by atoms with Crippen molar-refractivity contribution in [3.8, 4) is 11.4 Å². The number of hydrogen-bond donors (Lipinski definition) is 1. The van der Waals surface area contributed by atoms with E-state index in [-0.39, 0.29) is 5.82 Å². The van der Waals surface area contributed by atoms with E-state index in [1.807, 2.05) is 0 Å². The Kier molecular flexibility index (Phi) is 3.25. The van der Waals surface area contributed by atoms with Gasteiger partial charge in [-0.05, 0) is 38.5 Å². The molecule has 1 aromatic carbocycles. The van der Waals surface area contributed by atoms with Crippen LogP contribution in [0.5, 0.6) is 0 Å². The summed E-state index contributed by atoms with van der Waals surface area (Å²) in [4.78, 5) is 0. The number of nitrogens with two attached hydrogens (primary N) is 1. The summed E-state index contributed by atoms with van der Waals surface area (Å²) >= 11 is 3.27. The van der Waals surface area contributed by atoms with E-state index < -0.39 is 0 Å². The smallest absolute Gasteiger partial charge is 0.186 e. The number of hydrogen-bond acceptors (Lipinski definition) is 4. The Morgan fingerprint density at radius 2 is 2.25 bits per heavy atom. The molecule has 0 saturated heterocycles. The van der Waals surface area contributed by atoms with Crippen LogP contribution in [0.2, 0.25) is 0 Å². The fourth-order valence-electron chi connectivity index (χ4n) is 1.37. The molecule has 84 valence electrons. The molecule has 16 heavy (non-hydrogen) atoms. The maximum atomic E-state index is 13.7. The first-order valence-electron chi connectivity index (χ1n) is 4.64. The lowest BCUT2D eigenvalue weighted by Gasteiger charge is -2.05. The molecular weight excluding hydrogens is 277 g/mol. The first kappa shape index (κ1) is 11.2. The summed E-state index contributed by atoms with van der Waals surface area (Å²) < 4.78 is 15.8. The highest BCUT2D eigenvalue weighted by Gasteiger charge is 2.15. The second-order valence-corrected chi connectivity index (χ2v) is 3.97. The molecule has 0 amide bonds. The van der Waals surface area contributed by atoms with Crippen molar-refractivity contribution < 1.29 is 4.39 Å². The lowest BCUT2D eigenvalue weighted by atomic mass is 10.2. The Morgan fingerprint density at radius 3 is 2.94 bits per heavy atom.